The van der Waals surface area contributed by atoms with Crippen LogP contribution < -0.4 is 5.32 Å². The molecular formula is C10H13NO4. The third-order valence-corrected chi connectivity index (χ3v) is 1.72. The lowest BCUT2D eigenvalue weighted by molar-refractivity contribution is 0.0923. The van der Waals surface area contributed by atoms with E-state index < -0.39 is 12.0 Å². The Labute approximate surface area is 87.0 Å². The first kappa shape index (κ1) is 11.3. The SMILES string of the molecule is C[C@H](O)CNC(=O)c1cc(O)cc(O)c1. The summed E-state index contributed by atoms with van der Waals surface area (Å²) in [5.74, 6) is -0.823. The molecule has 15 heavy (non-hydrogen) atoms. The topological polar surface area (TPSA) is 89.8 Å². The van der Waals surface area contributed by atoms with Crippen molar-refractivity contribution < 1.29 is 20.1 Å². The number of rotatable bonds is 3. The largest absolute Gasteiger partial charge is 0.508 e. The number of aromatic hydroxyl groups is 2. The molecule has 1 atom stereocenters. The van der Waals surface area contributed by atoms with Crippen LogP contribution in [0.25, 0.3) is 0 Å². The van der Waals surface area contributed by atoms with E-state index in [0.29, 0.717) is 0 Å². The van der Waals surface area contributed by atoms with Crippen molar-refractivity contribution >= 4 is 5.91 Å². The molecule has 0 saturated heterocycles. The number of nitrogens with one attached hydrogen (secondary N) is 1. The Morgan fingerprint density at radius 1 is 1.33 bits per heavy atom. The Hall–Kier alpha value is -1.75. The van der Waals surface area contributed by atoms with Crippen molar-refractivity contribution in [1.82, 2.24) is 5.32 Å². The molecular weight excluding hydrogens is 198 g/mol. The number of carbonyl (C=O) groups excluding carboxylic acids is 1. The van der Waals surface area contributed by atoms with E-state index in [1.54, 1.807) is 6.92 Å². The first-order chi connectivity index (χ1) is 6.99. The number of phenolic OH excluding ortho intramolecular Hbond substituents is 2. The number of aliphatic hydroxyl groups excluding tert-OH is 1. The summed E-state index contributed by atoms with van der Waals surface area (Å²) < 4.78 is 0. The fourth-order valence-corrected chi connectivity index (χ4v) is 1.07. The summed E-state index contributed by atoms with van der Waals surface area (Å²) in [5.41, 5.74) is 0.146. The van der Waals surface area contributed by atoms with E-state index in [1.165, 1.54) is 12.1 Å². The highest BCUT2D eigenvalue weighted by atomic mass is 16.3. The number of aliphatic hydroxyl groups is 1. The number of hydrogen-bond donors (Lipinski definition) is 4. The molecule has 0 aliphatic rings. The molecule has 1 amide bonds. The zero-order valence-corrected chi connectivity index (χ0v) is 8.27. The van der Waals surface area contributed by atoms with Crippen LogP contribution in [0.1, 0.15) is 17.3 Å². The van der Waals surface area contributed by atoms with Gasteiger partial charge in [0.1, 0.15) is 11.5 Å². The van der Waals surface area contributed by atoms with Crippen LogP contribution in [0.3, 0.4) is 0 Å². The quantitative estimate of drug-likeness (QED) is 0.575. The van der Waals surface area contributed by atoms with Gasteiger partial charge >= 0.3 is 0 Å². The number of phenols is 2. The van der Waals surface area contributed by atoms with Crippen molar-refractivity contribution in [2.45, 2.75) is 13.0 Å². The number of benzene rings is 1. The van der Waals surface area contributed by atoms with Crippen molar-refractivity contribution in [2.24, 2.45) is 0 Å². The van der Waals surface area contributed by atoms with Gasteiger partial charge in [-0.2, -0.15) is 0 Å². The van der Waals surface area contributed by atoms with Crippen molar-refractivity contribution in [3.8, 4) is 11.5 Å². The highest BCUT2D eigenvalue weighted by Gasteiger charge is 2.08. The van der Waals surface area contributed by atoms with Gasteiger partial charge in [-0.1, -0.05) is 0 Å². The fourth-order valence-electron chi connectivity index (χ4n) is 1.07. The number of carbonyl (C=O) groups is 1. The summed E-state index contributed by atoms with van der Waals surface area (Å²) in [4.78, 5) is 11.4. The van der Waals surface area contributed by atoms with E-state index in [1.807, 2.05) is 0 Å². The zero-order chi connectivity index (χ0) is 11.4. The minimum atomic E-state index is -0.639. The summed E-state index contributed by atoms with van der Waals surface area (Å²) in [7, 11) is 0. The van der Waals surface area contributed by atoms with Gasteiger partial charge in [0.05, 0.1) is 6.10 Å². The first-order valence-corrected chi connectivity index (χ1v) is 4.48. The second-order valence-electron chi connectivity index (χ2n) is 3.30. The molecule has 0 aliphatic carbocycles. The predicted octanol–water partition coefficient (Wildman–Crippen LogP) is 0.208. The average molecular weight is 211 g/mol. The van der Waals surface area contributed by atoms with Gasteiger partial charge in [-0.25, -0.2) is 0 Å². The predicted molar refractivity (Wildman–Crippen MR) is 53.8 cm³/mol. The normalized spacial score (nSPS) is 12.1. The Morgan fingerprint density at radius 3 is 2.33 bits per heavy atom. The van der Waals surface area contributed by atoms with Crippen LogP contribution >= 0.6 is 0 Å². The van der Waals surface area contributed by atoms with Gasteiger partial charge in [0.15, 0.2) is 0 Å². The van der Waals surface area contributed by atoms with Crippen LogP contribution in [-0.2, 0) is 0 Å². The zero-order valence-electron chi connectivity index (χ0n) is 8.27. The van der Waals surface area contributed by atoms with Crippen molar-refractivity contribution in [1.29, 1.82) is 0 Å². The highest BCUT2D eigenvalue weighted by molar-refractivity contribution is 5.95. The molecule has 1 aromatic carbocycles. The second kappa shape index (κ2) is 4.65. The lowest BCUT2D eigenvalue weighted by Gasteiger charge is -2.07. The maximum absolute atomic E-state index is 11.4. The first-order valence-electron chi connectivity index (χ1n) is 4.48. The Morgan fingerprint density at radius 2 is 1.87 bits per heavy atom. The summed E-state index contributed by atoms with van der Waals surface area (Å²) in [5, 5.41) is 29.6. The van der Waals surface area contributed by atoms with Crippen LogP contribution in [0.5, 0.6) is 11.5 Å². The Bertz CT molecular complexity index is 342. The molecule has 82 valence electrons. The van der Waals surface area contributed by atoms with Gasteiger partial charge in [0, 0.05) is 18.2 Å². The van der Waals surface area contributed by atoms with Gasteiger partial charge in [0.25, 0.3) is 5.91 Å². The van der Waals surface area contributed by atoms with Gasteiger partial charge < -0.3 is 20.6 Å². The lowest BCUT2D eigenvalue weighted by atomic mass is 10.2. The fraction of sp³-hybridized carbons (Fsp3) is 0.300. The molecule has 0 heterocycles. The maximum Gasteiger partial charge on any atom is 0.251 e. The molecule has 0 fully saturated rings. The molecule has 0 aliphatic heterocycles. The maximum atomic E-state index is 11.4. The summed E-state index contributed by atoms with van der Waals surface area (Å²) in [6, 6.07) is 3.60. The van der Waals surface area contributed by atoms with E-state index in [0.717, 1.165) is 6.07 Å². The summed E-state index contributed by atoms with van der Waals surface area (Å²) >= 11 is 0. The Balaban J connectivity index is 2.73. The summed E-state index contributed by atoms with van der Waals surface area (Å²) in [6.45, 7) is 1.66. The van der Waals surface area contributed by atoms with E-state index in [4.69, 9.17) is 15.3 Å². The van der Waals surface area contributed by atoms with Gasteiger partial charge in [-0.05, 0) is 19.1 Å². The minimum Gasteiger partial charge on any atom is -0.508 e. The third kappa shape index (κ3) is 3.47. The molecule has 0 saturated carbocycles. The van der Waals surface area contributed by atoms with Crippen LogP contribution in [0.15, 0.2) is 18.2 Å². The highest BCUT2D eigenvalue weighted by Crippen LogP contribution is 2.20. The number of hydrogen-bond acceptors (Lipinski definition) is 4. The standard InChI is InChI=1S/C10H13NO4/c1-6(12)5-11-10(15)7-2-8(13)4-9(14)3-7/h2-4,6,12-14H,5H2,1H3,(H,11,15)/t6-/m0/s1. The number of amides is 1. The monoisotopic (exact) mass is 211 g/mol. The van der Waals surface area contributed by atoms with Crippen LogP contribution in [-0.4, -0.2) is 33.9 Å². The van der Waals surface area contributed by atoms with Crippen LogP contribution in [0.2, 0.25) is 0 Å². The van der Waals surface area contributed by atoms with Crippen LogP contribution in [0.4, 0.5) is 0 Å². The molecule has 0 aromatic heterocycles. The van der Waals surface area contributed by atoms with Gasteiger partial charge in [-0.3, -0.25) is 4.79 Å². The molecule has 0 bridgehead atoms. The van der Waals surface area contributed by atoms with Crippen molar-refractivity contribution in [3.05, 3.63) is 23.8 Å². The molecule has 1 aromatic rings. The lowest BCUT2D eigenvalue weighted by Crippen LogP contribution is -2.30. The van der Waals surface area contributed by atoms with Gasteiger partial charge in [-0.15, -0.1) is 0 Å². The van der Waals surface area contributed by atoms with E-state index in [9.17, 15) is 4.79 Å². The van der Waals surface area contributed by atoms with E-state index in [2.05, 4.69) is 5.32 Å². The minimum absolute atomic E-state index is 0.120. The molecule has 5 heteroatoms. The molecule has 0 unspecified atom stereocenters. The second-order valence-corrected chi connectivity index (χ2v) is 3.30. The summed E-state index contributed by atoms with van der Waals surface area (Å²) in [6.07, 6.45) is -0.639. The third-order valence-electron chi connectivity index (χ3n) is 1.72. The van der Waals surface area contributed by atoms with E-state index in [-0.39, 0.29) is 23.6 Å². The smallest absolute Gasteiger partial charge is 0.251 e. The molecule has 0 radical (unpaired) electrons. The van der Waals surface area contributed by atoms with Crippen molar-refractivity contribution in [2.75, 3.05) is 6.54 Å². The average Bonchev–Trinajstić information content (AvgIpc) is 2.12. The molecule has 1 rings (SSSR count). The molecule has 5 nitrogen and oxygen atoms in total. The van der Waals surface area contributed by atoms with Crippen LogP contribution in [0, 0.1) is 0 Å². The van der Waals surface area contributed by atoms with Gasteiger partial charge in [0.2, 0.25) is 0 Å². The molecule has 4 N–H and O–H groups in total. The molecule has 0 spiro atoms. The Kier molecular flexibility index (Phi) is 3.51. The van der Waals surface area contributed by atoms with E-state index >= 15 is 0 Å². The van der Waals surface area contributed by atoms with Crippen molar-refractivity contribution in [3.63, 3.8) is 0 Å².